The van der Waals surface area contributed by atoms with Gasteiger partial charge >= 0.3 is 0 Å². The third-order valence-corrected chi connectivity index (χ3v) is 5.43. The van der Waals surface area contributed by atoms with E-state index in [9.17, 15) is 22.0 Å². The Labute approximate surface area is 142 Å². The Morgan fingerprint density at radius 1 is 1.20 bits per heavy atom. The van der Waals surface area contributed by atoms with E-state index in [0.717, 1.165) is 12.1 Å². The number of halogens is 2. The number of benzene rings is 1. The molecule has 1 aromatic heterocycles. The highest BCUT2D eigenvalue weighted by Crippen LogP contribution is 2.17. The van der Waals surface area contributed by atoms with Gasteiger partial charge in [-0.15, -0.1) is 0 Å². The van der Waals surface area contributed by atoms with Crippen LogP contribution in [0, 0.1) is 11.6 Å². The number of hydrogen-bond acceptors (Lipinski definition) is 6. The van der Waals surface area contributed by atoms with Gasteiger partial charge < -0.3 is 10.6 Å². The maximum Gasteiger partial charge on any atom is 0.258 e. The first-order valence-electron chi connectivity index (χ1n) is 7.38. The number of carbonyl (C=O) groups excluding carboxylic acids is 1. The van der Waals surface area contributed by atoms with Gasteiger partial charge in [0.25, 0.3) is 5.91 Å². The highest BCUT2D eigenvalue weighted by molar-refractivity contribution is 7.91. The van der Waals surface area contributed by atoms with E-state index in [1.54, 1.807) is 0 Å². The quantitative estimate of drug-likeness (QED) is 0.850. The zero-order valence-corrected chi connectivity index (χ0v) is 13.7. The molecule has 0 saturated carbocycles. The van der Waals surface area contributed by atoms with E-state index < -0.39 is 27.4 Å². The molecule has 2 N–H and O–H groups in total. The zero-order chi connectivity index (χ0) is 18.0. The van der Waals surface area contributed by atoms with Crippen molar-refractivity contribution in [1.82, 2.24) is 9.97 Å². The fourth-order valence-corrected chi connectivity index (χ4v) is 4.07. The van der Waals surface area contributed by atoms with Crippen LogP contribution in [-0.2, 0) is 9.84 Å². The van der Waals surface area contributed by atoms with Crippen LogP contribution in [0.1, 0.15) is 16.8 Å². The summed E-state index contributed by atoms with van der Waals surface area (Å²) in [6.45, 7) is 0. The van der Waals surface area contributed by atoms with E-state index in [2.05, 4.69) is 20.6 Å². The number of nitrogens with one attached hydrogen (secondary N) is 2. The number of rotatable bonds is 4. The number of amides is 1. The summed E-state index contributed by atoms with van der Waals surface area (Å²) in [6.07, 6.45) is 2.93. The molecule has 25 heavy (non-hydrogen) atoms. The van der Waals surface area contributed by atoms with Crippen molar-refractivity contribution < 1.29 is 22.0 Å². The van der Waals surface area contributed by atoms with E-state index in [1.165, 1.54) is 12.4 Å². The molecule has 1 unspecified atom stereocenters. The number of hydrogen-bond donors (Lipinski definition) is 2. The Kier molecular flexibility index (Phi) is 4.62. The minimum Gasteiger partial charge on any atom is -0.350 e. The summed E-state index contributed by atoms with van der Waals surface area (Å²) < 4.78 is 49.2. The van der Waals surface area contributed by atoms with Crippen molar-refractivity contribution in [2.75, 3.05) is 22.1 Å². The normalized spacial score (nSPS) is 18.7. The highest BCUT2D eigenvalue weighted by Gasteiger charge is 2.28. The van der Waals surface area contributed by atoms with Crippen LogP contribution in [0.5, 0.6) is 0 Å². The van der Waals surface area contributed by atoms with Crippen molar-refractivity contribution in [1.29, 1.82) is 0 Å². The highest BCUT2D eigenvalue weighted by atomic mass is 32.2. The van der Waals surface area contributed by atoms with E-state index in [-0.39, 0.29) is 34.7 Å². The monoisotopic (exact) mass is 368 g/mol. The van der Waals surface area contributed by atoms with Gasteiger partial charge in [-0.3, -0.25) is 4.79 Å². The van der Waals surface area contributed by atoms with E-state index in [4.69, 9.17) is 0 Å². The van der Waals surface area contributed by atoms with Crippen LogP contribution in [0.15, 0.2) is 30.6 Å². The van der Waals surface area contributed by atoms with Crippen LogP contribution >= 0.6 is 0 Å². The standard InChI is InChI=1S/C15H14F2N4O3S/c16-10-1-2-13(12(17)5-10)21-14(22)9-6-18-15(19-7-9)20-11-3-4-25(23,24)8-11/h1-2,5-7,11H,3-4,8H2,(H,21,22)(H,18,19,20). The van der Waals surface area contributed by atoms with Gasteiger partial charge in [-0.05, 0) is 18.6 Å². The summed E-state index contributed by atoms with van der Waals surface area (Å²) in [5.41, 5.74) is -0.0851. The Hall–Kier alpha value is -2.62. The summed E-state index contributed by atoms with van der Waals surface area (Å²) in [7, 11) is -3.02. The van der Waals surface area contributed by atoms with Crippen molar-refractivity contribution in [3.8, 4) is 0 Å². The first kappa shape index (κ1) is 17.2. The van der Waals surface area contributed by atoms with Gasteiger partial charge in [-0.1, -0.05) is 0 Å². The Balaban J connectivity index is 1.64. The van der Waals surface area contributed by atoms with Crippen molar-refractivity contribution >= 4 is 27.4 Å². The van der Waals surface area contributed by atoms with Crippen LogP contribution < -0.4 is 10.6 Å². The minimum atomic E-state index is -3.02. The fourth-order valence-electron chi connectivity index (χ4n) is 2.40. The van der Waals surface area contributed by atoms with E-state index in [0.29, 0.717) is 12.5 Å². The van der Waals surface area contributed by atoms with Gasteiger partial charge in [0, 0.05) is 24.5 Å². The largest absolute Gasteiger partial charge is 0.350 e. The van der Waals surface area contributed by atoms with Crippen LogP contribution in [-0.4, -0.2) is 41.8 Å². The molecule has 3 rings (SSSR count). The molecule has 1 amide bonds. The molecule has 2 heterocycles. The second-order valence-electron chi connectivity index (χ2n) is 5.62. The number of nitrogens with zero attached hydrogens (tertiary/aromatic N) is 2. The van der Waals surface area contributed by atoms with Gasteiger partial charge in [0.15, 0.2) is 9.84 Å². The summed E-state index contributed by atoms with van der Waals surface area (Å²) in [6, 6.07) is 2.53. The van der Waals surface area contributed by atoms with Gasteiger partial charge in [0.1, 0.15) is 11.6 Å². The molecule has 1 aliphatic rings. The smallest absolute Gasteiger partial charge is 0.258 e. The third-order valence-electron chi connectivity index (χ3n) is 3.66. The second-order valence-corrected chi connectivity index (χ2v) is 7.85. The maximum absolute atomic E-state index is 13.5. The molecule has 0 radical (unpaired) electrons. The number of aromatic nitrogens is 2. The van der Waals surface area contributed by atoms with Gasteiger partial charge in [-0.25, -0.2) is 27.2 Å². The van der Waals surface area contributed by atoms with E-state index >= 15 is 0 Å². The summed E-state index contributed by atoms with van der Waals surface area (Å²) in [5.74, 6) is -1.96. The molecule has 1 aromatic carbocycles. The summed E-state index contributed by atoms with van der Waals surface area (Å²) in [5, 5.41) is 5.19. The minimum absolute atomic E-state index is 0.0163. The van der Waals surface area contributed by atoms with Crippen LogP contribution in [0.25, 0.3) is 0 Å². The van der Waals surface area contributed by atoms with Crippen molar-refractivity contribution in [2.45, 2.75) is 12.5 Å². The number of carbonyl (C=O) groups is 1. The molecule has 2 aromatic rings. The molecule has 132 valence electrons. The van der Waals surface area contributed by atoms with Gasteiger partial charge in [0.05, 0.1) is 22.8 Å². The average molecular weight is 368 g/mol. The predicted octanol–water partition coefficient (Wildman–Crippen LogP) is 1.61. The molecule has 0 bridgehead atoms. The zero-order valence-electron chi connectivity index (χ0n) is 12.9. The van der Waals surface area contributed by atoms with Crippen molar-refractivity contribution in [3.63, 3.8) is 0 Å². The lowest BCUT2D eigenvalue weighted by Gasteiger charge is -2.10. The molecule has 0 spiro atoms. The van der Waals surface area contributed by atoms with Crippen LogP contribution in [0.3, 0.4) is 0 Å². The molecule has 7 nitrogen and oxygen atoms in total. The maximum atomic E-state index is 13.5. The molecular weight excluding hydrogens is 354 g/mol. The SMILES string of the molecule is O=C(Nc1ccc(F)cc1F)c1cnc(NC2CCS(=O)(=O)C2)nc1. The Morgan fingerprint density at radius 3 is 2.52 bits per heavy atom. The predicted molar refractivity (Wildman–Crippen MR) is 87.0 cm³/mol. The van der Waals surface area contributed by atoms with E-state index in [1.807, 2.05) is 0 Å². The molecule has 0 aliphatic carbocycles. The van der Waals surface area contributed by atoms with Gasteiger partial charge in [0.2, 0.25) is 5.95 Å². The number of sulfone groups is 1. The Bertz CT molecular complexity index is 903. The average Bonchev–Trinajstić information content (AvgIpc) is 2.89. The topological polar surface area (TPSA) is 101 Å². The lowest BCUT2D eigenvalue weighted by Crippen LogP contribution is -2.22. The molecule has 1 fully saturated rings. The molecule has 1 saturated heterocycles. The lowest BCUT2D eigenvalue weighted by atomic mass is 10.2. The molecule has 1 aliphatic heterocycles. The molecule has 1 atom stereocenters. The molecular formula is C15H14F2N4O3S. The summed E-state index contributed by atoms with van der Waals surface area (Å²) >= 11 is 0. The number of anilines is 2. The Morgan fingerprint density at radius 2 is 1.92 bits per heavy atom. The first-order chi connectivity index (χ1) is 11.8. The fraction of sp³-hybridized carbons (Fsp3) is 0.267. The van der Waals surface area contributed by atoms with Crippen molar-refractivity contribution in [3.05, 3.63) is 47.8 Å². The third kappa shape index (κ3) is 4.27. The second kappa shape index (κ2) is 6.71. The van der Waals surface area contributed by atoms with Gasteiger partial charge in [-0.2, -0.15) is 0 Å². The van der Waals surface area contributed by atoms with Crippen LogP contribution in [0.4, 0.5) is 20.4 Å². The summed E-state index contributed by atoms with van der Waals surface area (Å²) in [4.78, 5) is 20.0. The van der Waals surface area contributed by atoms with Crippen molar-refractivity contribution in [2.24, 2.45) is 0 Å². The molecule has 10 heteroatoms. The first-order valence-corrected chi connectivity index (χ1v) is 9.20. The lowest BCUT2D eigenvalue weighted by molar-refractivity contribution is 0.102. The van der Waals surface area contributed by atoms with Crippen LogP contribution in [0.2, 0.25) is 0 Å².